The van der Waals surface area contributed by atoms with E-state index in [0.717, 1.165) is 24.2 Å². The summed E-state index contributed by atoms with van der Waals surface area (Å²) in [7, 11) is 3.33. The predicted molar refractivity (Wildman–Crippen MR) is 87.0 cm³/mol. The summed E-state index contributed by atoms with van der Waals surface area (Å²) >= 11 is 0. The highest BCUT2D eigenvalue weighted by Crippen LogP contribution is 2.19. The number of hydrogen-bond acceptors (Lipinski definition) is 3. The normalized spacial score (nSPS) is 10.2. The van der Waals surface area contributed by atoms with Crippen LogP contribution < -0.4 is 10.1 Å². The third kappa shape index (κ3) is 6.61. The molecule has 0 radical (unpaired) electrons. The molecule has 1 aromatic rings. The second-order valence-electron chi connectivity index (χ2n) is 5.64. The Kier molecular flexibility index (Phi) is 7.43. The number of unbranched alkanes of at least 4 members (excludes halogenated alkanes) is 1. The summed E-state index contributed by atoms with van der Waals surface area (Å²) in [5.74, 6) is 0.703. The zero-order chi connectivity index (χ0) is 16.5. The number of carbonyl (C=O) groups is 2. The topological polar surface area (TPSA) is 58.6 Å². The first kappa shape index (κ1) is 18.0. The van der Waals surface area contributed by atoms with Gasteiger partial charge in [-0.1, -0.05) is 12.1 Å². The molecule has 0 unspecified atom stereocenters. The van der Waals surface area contributed by atoms with Crippen LogP contribution in [0.1, 0.15) is 30.4 Å². The fourth-order valence-electron chi connectivity index (χ4n) is 1.85. The van der Waals surface area contributed by atoms with Crippen LogP contribution in [-0.2, 0) is 9.59 Å². The molecule has 0 aromatic heterocycles. The highest BCUT2D eigenvalue weighted by Gasteiger charge is 2.07. The maximum absolute atomic E-state index is 11.6. The van der Waals surface area contributed by atoms with Gasteiger partial charge in [-0.3, -0.25) is 9.59 Å². The Hall–Kier alpha value is -2.04. The molecule has 5 nitrogen and oxygen atoms in total. The standard InChI is InChI=1S/C17H26N2O3/c1-13-8-9-14(2)15(11-13)22-10-6-5-7-16(20)18-12-17(21)19(3)4/h8-9,11H,5-7,10,12H2,1-4H3,(H,18,20). The van der Waals surface area contributed by atoms with Crippen molar-refractivity contribution in [3.05, 3.63) is 29.3 Å². The van der Waals surface area contributed by atoms with Crippen molar-refractivity contribution in [1.29, 1.82) is 0 Å². The van der Waals surface area contributed by atoms with Crippen molar-refractivity contribution < 1.29 is 14.3 Å². The molecule has 0 saturated carbocycles. The molecular weight excluding hydrogens is 280 g/mol. The van der Waals surface area contributed by atoms with Gasteiger partial charge in [-0.15, -0.1) is 0 Å². The van der Waals surface area contributed by atoms with Crippen molar-refractivity contribution in [1.82, 2.24) is 10.2 Å². The summed E-state index contributed by atoms with van der Waals surface area (Å²) in [5, 5.41) is 2.62. The highest BCUT2D eigenvalue weighted by atomic mass is 16.5. The first-order valence-corrected chi connectivity index (χ1v) is 7.57. The van der Waals surface area contributed by atoms with Crippen molar-refractivity contribution >= 4 is 11.8 Å². The summed E-state index contributed by atoms with van der Waals surface area (Å²) in [6.45, 7) is 4.70. The number of amides is 2. The van der Waals surface area contributed by atoms with Gasteiger partial charge in [-0.25, -0.2) is 0 Å². The van der Waals surface area contributed by atoms with Crippen molar-refractivity contribution in [2.75, 3.05) is 27.2 Å². The molecule has 1 N–H and O–H groups in total. The van der Waals surface area contributed by atoms with Gasteiger partial charge in [0.2, 0.25) is 11.8 Å². The van der Waals surface area contributed by atoms with E-state index >= 15 is 0 Å². The highest BCUT2D eigenvalue weighted by molar-refractivity contribution is 5.84. The minimum Gasteiger partial charge on any atom is -0.493 e. The lowest BCUT2D eigenvalue weighted by Crippen LogP contribution is -2.36. The summed E-state index contributed by atoms with van der Waals surface area (Å²) in [6, 6.07) is 6.12. The summed E-state index contributed by atoms with van der Waals surface area (Å²) in [4.78, 5) is 24.4. The van der Waals surface area contributed by atoms with E-state index in [1.807, 2.05) is 26.0 Å². The second-order valence-corrected chi connectivity index (χ2v) is 5.64. The van der Waals surface area contributed by atoms with Gasteiger partial charge >= 0.3 is 0 Å². The van der Waals surface area contributed by atoms with Crippen LogP contribution in [0.5, 0.6) is 5.75 Å². The van der Waals surface area contributed by atoms with E-state index in [2.05, 4.69) is 11.4 Å². The lowest BCUT2D eigenvalue weighted by molar-refractivity contribution is -0.130. The van der Waals surface area contributed by atoms with E-state index in [0.29, 0.717) is 13.0 Å². The smallest absolute Gasteiger partial charge is 0.241 e. The van der Waals surface area contributed by atoms with Crippen LogP contribution in [0.4, 0.5) is 0 Å². The monoisotopic (exact) mass is 306 g/mol. The molecule has 1 aromatic carbocycles. The lowest BCUT2D eigenvalue weighted by atomic mass is 10.1. The first-order valence-electron chi connectivity index (χ1n) is 7.57. The van der Waals surface area contributed by atoms with Crippen molar-refractivity contribution in [2.24, 2.45) is 0 Å². The number of benzene rings is 1. The van der Waals surface area contributed by atoms with Gasteiger partial charge in [-0.2, -0.15) is 0 Å². The minimum atomic E-state index is -0.105. The number of hydrogen-bond donors (Lipinski definition) is 1. The van der Waals surface area contributed by atoms with Gasteiger partial charge in [0.25, 0.3) is 0 Å². The van der Waals surface area contributed by atoms with E-state index in [-0.39, 0.29) is 18.4 Å². The molecule has 0 aliphatic rings. The van der Waals surface area contributed by atoms with Gasteiger partial charge in [0.05, 0.1) is 13.2 Å². The third-order valence-electron chi connectivity index (χ3n) is 3.33. The summed E-state index contributed by atoms with van der Waals surface area (Å²) < 4.78 is 5.74. The number of rotatable bonds is 8. The van der Waals surface area contributed by atoms with Crippen LogP contribution in [0.3, 0.4) is 0 Å². The quantitative estimate of drug-likeness (QED) is 0.748. The molecule has 0 fully saturated rings. The van der Waals surface area contributed by atoms with Crippen molar-refractivity contribution in [3.63, 3.8) is 0 Å². The van der Waals surface area contributed by atoms with E-state index in [9.17, 15) is 9.59 Å². The van der Waals surface area contributed by atoms with Crippen LogP contribution in [0.15, 0.2) is 18.2 Å². The van der Waals surface area contributed by atoms with Gasteiger partial charge in [0.1, 0.15) is 5.75 Å². The molecule has 22 heavy (non-hydrogen) atoms. The molecule has 5 heteroatoms. The third-order valence-corrected chi connectivity index (χ3v) is 3.33. The molecule has 0 spiro atoms. The number of nitrogens with zero attached hydrogens (tertiary/aromatic N) is 1. The van der Waals surface area contributed by atoms with Gasteiger partial charge in [0, 0.05) is 20.5 Å². The molecule has 2 amide bonds. The SMILES string of the molecule is Cc1ccc(C)c(OCCCCC(=O)NCC(=O)N(C)C)c1. The zero-order valence-corrected chi connectivity index (χ0v) is 13.9. The van der Waals surface area contributed by atoms with E-state index < -0.39 is 0 Å². The summed E-state index contributed by atoms with van der Waals surface area (Å²) in [6.07, 6.45) is 1.96. The van der Waals surface area contributed by atoms with Gasteiger partial charge in [-0.05, 0) is 43.9 Å². The van der Waals surface area contributed by atoms with Gasteiger partial charge in [0.15, 0.2) is 0 Å². The van der Waals surface area contributed by atoms with Crippen LogP contribution in [0, 0.1) is 13.8 Å². The predicted octanol–water partition coefficient (Wildman–Crippen LogP) is 2.06. The molecule has 0 aliphatic heterocycles. The maximum atomic E-state index is 11.6. The Balaban J connectivity index is 2.16. The van der Waals surface area contributed by atoms with Crippen molar-refractivity contribution in [3.8, 4) is 5.75 Å². The summed E-state index contributed by atoms with van der Waals surface area (Å²) in [5.41, 5.74) is 2.29. The number of nitrogens with one attached hydrogen (secondary N) is 1. The molecule has 0 atom stereocenters. The van der Waals surface area contributed by atoms with E-state index in [1.54, 1.807) is 14.1 Å². The number of aryl methyl sites for hydroxylation is 2. The van der Waals surface area contributed by atoms with Crippen LogP contribution in [-0.4, -0.2) is 44.0 Å². The number of likely N-dealkylation sites (N-methyl/N-ethyl adjacent to an activating group) is 1. The minimum absolute atomic E-state index is 0.0603. The average Bonchev–Trinajstić information content (AvgIpc) is 2.47. The van der Waals surface area contributed by atoms with E-state index in [4.69, 9.17) is 4.74 Å². The Morgan fingerprint density at radius 1 is 1.18 bits per heavy atom. The Bertz CT molecular complexity index is 513. The van der Waals surface area contributed by atoms with E-state index in [1.165, 1.54) is 10.5 Å². The van der Waals surface area contributed by atoms with Crippen LogP contribution >= 0.6 is 0 Å². The molecule has 0 saturated heterocycles. The van der Waals surface area contributed by atoms with Crippen LogP contribution in [0.2, 0.25) is 0 Å². The average molecular weight is 306 g/mol. The van der Waals surface area contributed by atoms with Gasteiger partial charge < -0.3 is 15.0 Å². The van der Waals surface area contributed by atoms with Crippen LogP contribution in [0.25, 0.3) is 0 Å². The molecular formula is C17H26N2O3. The fraction of sp³-hybridized carbons (Fsp3) is 0.529. The second kappa shape index (κ2) is 9.07. The number of carbonyl (C=O) groups excluding carboxylic acids is 2. The molecule has 122 valence electrons. The lowest BCUT2D eigenvalue weighted by Gasteiger charge is -2.11. The molecule has 0 aliphatic carbocycles. The maximum Gasteiger partial charge on any atom is 0.241 e. The Morgan fingerprint density at radius 3 is 2.59 bits per heavy atom. The van der Waals surface area contributed by atoms with Crippen molar-refractivity contribution in [2.45, 2.75) is 33.1 Å². The Morgan fingerprint density at radius 2 is 1.91 bits per heavy atom. The fourth-order valence-corrected chi connectivity index (χ4v) is 1.85. The molecule has 0 heterocycles. The largest absolute Gasteiger partial charge is 0.493 e. The molecule has 0 bridgehead atoms. The number of ether oxygens (including phenoxy) is 1. The zero-order valence-electron chi connectivity index (χ0n) is 13.9. The molecule has 1 rings (SSSR count). The Labute approximate surface area is 132 Å². The first-order chi connectivity index (χ1) is 10.4.